The molecule has 0 saturated carbocycles. The molecule has 138 valence electrons. The third kappa shape index (κ3) is 4.35. The molecule has 4 rings (SSSR count). The van der Waals surface area contributed by atoms with E-state index in [-0.39, 0.29) is 12.0 Å². The van der Waals surface area contributed by atoms with Gasteiger partial charge < -0.3 is 10.1 Å². The minimum Gasteiger partial charge on any atom is -0.374 e. The Morgan fingerprint density at radius 2 is 1.78 bits per heavy atom. The lowest BCUT2D eigenvalue weighted by atomic mass is 10.0. The molecule has 0 aliphatic carbocycles. The molecule has 1 N–H and O–H groups in total. The second-order valence-electron chi connectivity index (χ2n) is 6.95. The molecule has 1 atom stereocenters. The molecule has 1 fully saturated rings. The van der Waals surface area contributed by atoms with Crippen molar-refractivity contribution in [3.63, 3.8) is 0 Å². The van der Waals surface area contributed by atoms with E-state index in [0.717, 1.165) is 30.4 Å². The van der Waals surface area contributed by atoms with E-state index in [1.54, 1.807) is 0 Å². The van der Waals surface area contributed by atoms with Crippen molar-refractivity contribution in [3.05, 3.63) is 83.9 Å². The number of ether oxygens (including phenoxy) is 1. The van der Waals surface area contributed by atoms with E-state index in [9.17, 15) is 4.79 Å². The summed E-state index contributed by atoms with van der Waals surface area (Å²) in [6, 6.07) is 24.3. The van der Waals surface area contributed by atoms with Gasteiger partial charge in [0.25, 0.3) is 5.91 Å². The number of carbonyl (C=O) groups is 1. The van der Waals surface area contributed by atoms with Crippen LogP contribution in [0.4, 0.5) is 0 Å². The van der Waals surface area contributed by atoms with Crippen LogP contribution in [0, 0.1) is 0 Å². The number of hydrogen-bond donors (Lipinski definition) is 1. The fourth-order valence-electron chi connectivity index (χ4n) is 3.61. The topological polar surface area (TPSA) is 41.6 Å². The summed E-state index contributed by atoms with van der Waals surface area (Å²) in [5.41, 5.74) is 2.02. The standard InChI is InChI=1S/C23H24N2O2/c26-23(22-12-6-10-19-9-4-5-11-21(19)22)24-15-20-17-25(13-14-27-20)16-18-7-2-1-3-8-18/h1-12,20H,13-17H2,(H,24,26). The average Bonchev–Trinajstić information content (AvgIpc) is 2.72. The van der Waals surface area contributed by atoms with Gasteiger partial charge in [-0.1, -0.05) is 66.7 Å². The zero-order valence-corrected chi connectivity index (χ0v) is 15.3. The number of rotatable bonds is 5. The molecule has 1 aliphatic heterocycles. The largest absolute Gasteiger partial charge is 0.374 e. The molecular formula is C23H24N2O2. The van der Waals surface area contributed by atoms with Crippen LogP contribution in [0.25, 0.3) is 10.8 Å². The lowest BCUT2D eigenvalue weighted by Crippen LogP contribution is -2.47. The van der Waals surface area contributed by atoms with Crippen LogP contribution in [0.5, 0.6) is 0 Å². The zero-order valence-electron chi connectivity index (χ0n) is 15.3. The summed E-state index contributed by atoms with van der Waals surface area (Å²) >= 11 is 0. The Morgan fingerprint density at radius 1 is 1.00 bits per heavy atom. The number of benzene rings is 3. The highest BCUT2D eigenvalue weighted by atomic mass is 16.5. The molecule has 27 heavy (non-hydrogen) atoms. The summed E-state index contributed by atoms with van der Waals surface area (Å²) in [5, 5.41) is 5.11. The van der Waals surface area contributed by atoms with Gasteiger partial charge in [0.2, 0.25) is 0 Å². The molecule has 1 aliphatic rings. The fraction of sp³-hybridized carbons (Fsp3) is 0.261. The van der Waals surface area contributed by atoms with Crippen molar-refractivity contribution in [2.45, 2.75) is 12.6 Å². The number of hydrogen-bond acceptors (Lipinski definition) is 3. The Morgan fingerprint density at radius 3 is 2.67 bits per heavy atom. The van der Waals surface area contributed by atoms with Crippen LogP contribution < -0.4 is 5.32 Å². The highest BCUT2D eigenvalue weighted by molar-refractivity contribution is 6.06. The highest BCUT2D eigenvalue weighted by Gasteiger charge is 2.21. The molecular weight excluding hydrogens is 336 g/mol. The first-order valence-corrected chi connectivity index (χ1v) is 9.43. The molecule has 4 heteroatoms. The zero-order chi connectivity index (χ0) is 18.5. The molecule has 3 aromatic carbocycles. The predicted octanol–water partition coefficient (Wildman–Crippen LogP) is 3.47. The summed E-state index contributed by atoms with van der Waals surface area (Å²) in [7, 11) is 0. The number of morpholine rings is 1. The van der Waals surface area contributed by atoms with Gasteiger partial charge in [0.05, 0.1) is 12.7 Å². The molecule has 1 heterocycles. The Balaban J connectivity index is 1.36. The quantitative estimate of drug-likeness (QED) is 0.757. The molecule has 3 aromatic rings. The van der Waals surface area contributed by atoms with Crippen molar-refractivity contribution < 1.29 is 9.53 Å². The smallest absolute Gasteiger partial charge is 0.252 e. The van der Waals surface area contributed by atoms with Gasteiger partial charge in [-0.05, 0) is 22.4 Å². The normalized spacial score (nSPS) is 17.7. The van der Waals surface area contributed by atoms with Gasteiger partial charge in [-0.2, -0.15) is 0 Å². The van der Waals surface area contributed by atoms with Crippen LogP contribution in [0.3, 0.4) is 0 Å². The number of carbonyl (C=O) groups excluding carboxylic acids is 1. The van der Waals surface area contributed by atoms with E-state index >= 15 is 0 Å². The molecule has 0 radical (unpaired) electrons. The van der Waals surface area contributed by atoms with Crippen molar-refractivity contribution in [2.75, 3.05) is 26.2 Å². The first-order chi connectivity index (χ1) is 13.3. The summed E-state index contributed by atoms with van der Waals surface area (Å²) in [6.45, 7) is 3.88. The van der Waals surface area contributed by atoms with Crippen molar-refractivity contribution >= 4 is 16.7 Å². The number of nitrogens with one attached hydrogen (secondary N) is 1. The third-order valence-corrected chi connectivity index (χ3v) is 5.00. The molecule has 1 amide bonds. The van der Waals surface area contributed by atoms with Crippen LogP contribution in [0.1, 0.15) is 15.9 Å². The Bertz CT molecular complexity index is 905. The molecule has 0 bridgehead atoms. The molecule has 4 nitrogen and oxygen atoms in total. The van der Waals surface area contributed by atoms with Crippen LogP contribution >= 0.6 is 0 Å². The SMILES string of the molecule is O=C(NCC1CN(Cc2ccccc2)CCO1)c1cccc2ccccc12. The van der Waals surface area contributed by atoms with E-state index < -0.39 is 0 Å². The first kappa shape index (κ1) is 17.7. The summed E-state index contributed by atoms with van der Waals surface area (Å²) in [4.78, 5) is 15.1. The van der Waals surface area contributed by atoms with Crippen LogP contribution in [0.15, 0.2) is 72.8 Å². The number of fused-ring (bicyclic) bond motifs is 1. The van der Waals surface area contributed by atoms with Crippen LogP contribution in [0.2, 0.25) is 0 Å². The Hall–Kier alpha value is -2.69. The van der Waals surface area contributed by atoms with Gasteiger partial charge in [0.15, 0.2) is 0 Å². The Kier molecular flexibility index (Phi) is 5.47. The van der Waals surface area contributed by atoms with Gasteiger partial charge >= 0.3 is 0 Å². The van der Waals surface area contributed by atoms with Gasteiger partial charge in [-0.25, -0.2) is 0 Å². The van der Waals surface area contributed by atoms with E-state index in [2.05, 4.69) is 34.5 Å². The van der Waals surface area contributed by atoms with E-state index in [1.807, 2.05) is 48.5 Å². The average molecular weight is 360 g/mol. The van der Waals surface area contributed by atoms with Gasteiger partial charge in [-0.15, -0.1) is 0 Å². The van der Waals surface area contributed by atoms with Crippen molar-refractivity contribution in [2.24, 2.45) is 0 Å². The maximum Gasteiger partial charge on any atom is 0.252 e. The number of nitrogens with zero attached hydrogens (tertiary/aromatic N) is 1. The van der Waals surface area contributed by atoms with Crippen molar-refractivity contribution in [1.29, 1.82) is 0 Å². The minimum atomic E-state index is -0.0458. The van der Waals surface area contributed by atoms with Crippen LogP contribution in [-0.4, -0.2) is 43.2 Å². The van der Waals surface area contributed by atoms with Crippen molar-refractivity contribution in [3.8, 4) is 0 Å². The lowest BCUT2D eigenvalue weighted by Gasteiger charge is -2.33. The molecule has 1 unspecified atom stereocenters. The molecule has 0 spiro atoms. The van der Waals surface area contributed by atoms with Crippen molar-refractivity contribution in [1.82, 2.24) is 10.2 Å². The van der Waals surface area contributed by atoms with Gasteiger partial charge in [0.1, 0.15) is 0 Å². The first-order valence-electron chi connectivity index (χ1n) is 9.43. The van der Waals surface area contributed by atoms with Gasteiger partial charge in [-0.3, -0.25) is 9.69 Å². The third-order valence-electron chi connectivity index (χ3n) is 5.00. The highest BCUT2D eigenvalue weighted by Crippen LogP contribution is 2.18. The predicted molar refractivity (Wildman–Crippen MR) is 108 cm³/mol. The van der Waals surface area contributed by atoms with Gasteiger partial charge in [0, 0.05) is 31.7 Å². The second kappa shape index (κ2) is 8.33. The fourth-order valence-corrected chi connectivity index (χ4v) is 3.61. The summed E-state index contributed by atoms with van der Waals surface area (Å²) in [6.07, 6.45) is 0.0152. The lowest BCUT2D eigenvalue weighted by molar-refractivity contribution is -0.0292. The molecule has 1 saturated heterocycles. The second-order valence-corrected chi connectivity index (χ2v) is 6.95. The van der Waals surface area contributed by atoms with E-state index in [4.69, 9.17) is 4.74 Å². The van der Waals surface area contributed by atoms with Crippen LogP contribution in [-0.2, 0) is 11.3 Å². The maximum absolute atomic E-state index is 12.7. The summed E-state index contributed by atoms with van der Waals surface area (Å²) < 4.78 is 5.86. The minimum absolute atomic E-state index is 0.0152. The van der Waals surface area contributed by atoms with E-state index in [0.29, 0.717) is 18.7 Å². The molecule has 0 aromatic heterocycles. The number of amides is 1. The summed E-state index contributed by atoms with van der Waals surface area (Å²) in [5.74, 6) is -0.0458. The van der Waals surface area contributed by atoms with E-state index in [1.165, 1.54) is 5.56 Å². The maximum atomic E-state index is 12.7. The Labute approximate surface area is 159 Å². The monoisotopic (exact) mass is 360 g/mol.